The highest BCUT2D eigenvalue weighted by Gasteiger charge is 2.52. The zero-order chi connectivity index (χ0) is 18.9. The van der Waals surface area contributed by atoms with Crippen molar-refractivity contribution in [3.05, 3.63) is 41.1 Å². The zero-order valence-corrected chi connectivity index (χ0v) is 16.3. The van der Waals surface area contributed by atoms with Crippen molar-refractivity contribution in [3.8, 4) is 22.9 Å². The topological polar surface area (TPSA) is 36.3 Å². The van der Waals surface area contributed by atoms with E-state index < -0.39 is 24.0 Å². The lowest BCUT2D eigenvalue weighted by Crippen LogP contribution is -2.41. The molecule has 1 fully saturated rings. The molecule has 136 valence electrons. The van der Waals surface area contributed by atoms with Crippen LogP contribution in [0, 0.1) is 12.3 Å². The first kappa shape index (κ1) is 18.9. The maximum Gasteiger partial charge on any atom is 0.524 e. The van der Waals surface area contributed by atoms with Crippen LogP contribution >= 0.6 is 11.3 Å². The number of nitrogens with zero attached hydrogens (tertiary/aromatic N) is 2. The fraction of sp³-hybridized carbons (Fsp3) is 0.421. The minimum atomic E-state index is -0.981. The molecule has 3 heterocycles. The van der Waals surface area contributed by atoms with E-state index in [9.17, 15) is 4.39 Å². The summed E-state index contributed by atoms with van der Waals surface area (Å²) in [4.78, 5) is 1.03. The summed E-state index contributed by atoms with van der Waals surface area (Å²) < 4.78 is 27.9. The van der Waals surface area contributed by atoms with Crippen LogP contribution in [0.5, 0.6) is 0 Å². The molecule has 1 aliphatic rings. The molecule has 0 atom stereocenters. The third-order valence-corrected chi connectivity index (χ3v) is 5.72. The van der Waals surface area contributed by atoms with E-state index in [1.54, 1.807) is 16.0 Å². The summed E-state index contributed by atoms with van der Waals surface area (Å²) in [6, 6.07) is 3.95. The van der Waals surface area contributed by atoms with Crippen molar-refractivity contribution in [2.24, 2.45) is 0 Å². The molecule has 0 saturated carbocycles. The summed E-state index contributed by atoms with van der Waals surface area (Å²) in [5.41, 5.74) is 0.179. The molecule has 0 aliphatic carbocycles. The van der Waals surface area contributed by atoms with Gasteiger partial charge in [0, 0.05) is 11.8 Å². The summed E-state index contributed by atoms with van der Waals surface area (Å²) in [6.45, 7) is 7.98. The van der Waals surface area contributed by atoms with E-state index in [-0.39, 0.29) is 0 Å². The monoisotopic (exact) mass is 372 g/mol. The Hall–Kier alpha value is -1.88. The molecule has 0 N–H and O–H groups in total. The Balaban J connectivity index is 1.81. The van der Waals surface area contributed by atoms with Gasteiger partial charge in [-0.3, -0.25) is 4.68 Å². The Morgan fingerprint density at radius 1 is 1.38 bits per heavy atom. The van der Waals surface area contributed by atoms with Gasteiger partial charge < -0.3 is 9.31 Å². The highest BCUT2D eigenvalue weighted by molar-refractivity contribution is 7.13. The third kappa shape index (κ3) is 3.63. The number of rotatable bonds is 5. The Labute approximate surface area is 158 Å². The molecule has 3 rings (SSSR count). The highest BCUT2D eigenvalue weighted by atomic mass is 32.1. The lowest BCUT2D eigenvalue weighted by Gasteiger charge is -2.32. The standard InChI is InChI=1S/C19H22BFN2O2S/c1-6-11-23-13-14(17(22-23)15-8-7-12-26-15)9-10-16(21)20-24-18(2,3)19(4,5)25-20/h1,7-8,10,12-13H,9,11H2,2-5H3. The molecular formula is C19H22BFN2O2S. The summed E-state index contributed by atoms with van der Waals surface area (Å²) in [5, 5.41) is 6.52. The third-order valence-electron chi connectivity index (χ3n) is 4.84. The second-order valence-electron chi connectivity index (χ2n) is 7.26. The molecular weight excluding hydrogens is 350 g/mol. The highest BCUT2D eigenvalue weighted by Crippen LogP contribution is 2.39. The Bertz CT molecular complexity index is 834. The molecule has 26 heavy (non-hydrogen) atoms. The minimum absolute atomic E-state index is 0.377. The second-order valence-corrected chi connectivity index (χ2v) is 8.21. The van der Waals surface area contributed by atoms with Crippen molar-refractivity contribution in [2.75, 3.05) is 0 Å². The molecule has 0 bridgehead atoms. The van der Waals surface area contributed by atoms with Gasteiger partial charge in [0.25, 0.3) is 0 Å². The Morgan fingerprint density at radius 2 is 2.08 bits per heavy atom. The maximum atomic E-state index is 14.7. The molecule has 7 heteroatoms. The largest absolute Gasteiger partial charge is 0.524 e. The van der Waals surface area contributed by atoms with Gasteiger partial charge in [-0.1, -0.05) is 18.1 Å². The van der Waals surface area contributed by atoms with Crippen LogP contribution in [-0.4, -0.2) is 28.1 Å². The van der Waals surface area contributed by atoms with Gasteiger partial charge in [-0.2, -0.15) is 5.10 Å². The van der Waals surface area contributed by atoms with Crippen LogP contribution in [0.1, 0.15) is 33.3 Å². The van der Waals surface area contributed by atoms with Crippen LogP contribution in [-0.2, 0) is 22.3 Å². The number of hydrogen-bond acceptors (Lipinski definition) is 4. The van der Waals surface area contributed by atoms with Crippen molar-refractivity contribution in [1.29, 1.82) is 0 Å². The van der Waals surface area contributed by atoms with E-state index >= 15 is 0 Å². The normalized spacial score (nSPS) is 18.9. The van der Waals surface area contributed by atoms with Crippen LogP contribution in [0.15, 0.2) is 35.5 Å². The lowest BCUT2D eigenvalue weighted by atomic mass is 9.87. The van der Waals surface area contributed by atoms with E-state index in [0.717, 1.165) is 16.1 Å². The van der Waals surface area contributed by atoms with Crippen molar-refractivity contribution >= 4 is 18.5 Å². The molecule has 2 aromatic rings. The maximum absolute atomic E-state index is 14.7. The van der Waals surface area contributed by atoms with Crippen LogP contribution in [0.25, 0.3) is 10.6 Å². The van der Waals surface area contributed by atoms with Crippen molar-refractivity contribution in [3.63, 3.8) is 0 Å². The molecule has 0 radical (unpaired) electrons. The SMILES string of the molecule is C#CCn1cc(CC=C(F)B2OC(C)(C)C(C)(C)O2)c(-c2cccs2)n1. The van der Waals surface area contributed by atoms with Gasteiger partial charge in [-0.05, 0) is 45.6 Å². The molecule has 1 aliphatic heterocycles. The van der Waals surface area contributed by atoms with Gasteiger partial charge in [0.05, 0.1) is 16.1 Å². The quantitative estimate of drug-likeness (QED) is 0.581. The van der Waals surface area contributed by atoms with Gasteiger partial charge in [-0.25, -0.2) is 4.39 Å². The number of halogens is 1. The average Bonchev–Trinajstić information content (AvgIpc) is 3.24. The number of thiophene rings is 1. The number of hydrogen-bond donors (Lipinski definition) is 0. The fourth-order valence-electron chi connectivity index (χ4n) is 2.67. The van der Waals surface area contributed by atoms with Gasteiger partial charge in [0.1, 0.15) is 18.0 Å². The first-order valence-electron chi connectivity index (χ1n) is 8.48. The second kappa shape index (κ2) is 7.03. The Kier molecular flexibility index (Phi) is 5.11. The molecule has 0 aromatic carbocycles. The van der Waals surface area contributed by atoms with E-state index in [4.69, 9.17) is 15.7 Å². The van der Waals surface area contributed by atoms with Crippen molar-refractivity contribution in [2.45, 2.75) is 51.9 Å². The number of terminal acetylenes is 1. The van der Waals surface area contributed by atoms with E-state index in [1.165, 1.54) is 6.08 Å². The van der Waals surface area contributed by atoms with E-state index in [2.05, 4.69) is 11.0 Å². The van der Waals surface area contributed by atoms with Gasteiger partial charge in [0.15, 0.2) is 0 Å². The summed E-state index contributed by atoms with van der Waals surface area (Å²) >= 11 is 1.59. The summed E-state index contributed by atoms with van der Waals surface area (Å²) in [7, 11) is -0.981. The first-order valence-corrected chi connectivity index (χ1v) is 9.36. The minimum Gasteiger partial charge on any atom is -0.398 e. The van der Waals surface area contributed by atoms with Crippen LogP contribution in [0.3, 0.4) is 0 Å². The average molecular weight is 372 g/mol. The smallest absolute Gasteiger partial charge is 0.398 e. The number of allylic oxidation sites excluding steroid dienone is 1. The van der Waals surface area contributed by atoms with Gasteiger partial charge in [0.2, 0.25) is 0 Å². The number of aromatic nitrogens is 2. The van der Waals surface area contributed by atoms with Gasteiger partial charge >= 0.3 is 7.12 Å². The Morgan fingerprint density at radius 3 is 2.65 bits per heavy atom. The molecule has 0 unspecified atom stereocenters. The van der Waals surface area contributed by atoms with E-state index in [1.807, 2.05) is 51.4 Å². The summed E-state index contributed by atoms with van der Waals surface area (Å²) in [6.07, 6.45) is 9.12. The van der Waals surface area contributed by atoms with Crippen LogP contribution in [0.2, 0.25) is 0 Å². The predicted molar refractivity (Wildman–Crippen MR) is 103 cm³/mol. The van der Waals surface area contributed by atoms with Crippen LogP contribution in [0.4, 0.5) is 4.39 Å². The molecule has 2 aromatic heterocycles. The summed E-state index contributed by atoms with van der Waals surface area (Å²) in [5.74, 6) is 2.57. The molecule has 4 nitrogen and oxygen atoms in total. The van der Waals surface area contributed by atoms with Crippen LogP contribution < -0.4 is 0 Å². The van der Waals surface area contributed by atoms with Crippen molar-refractivity contribution < 1.29 is 13.7 Å². The predicted octanol–water partition coefficient (Wildman–Crippen LogP) is 4.27. The van der Waals surface area contributed by atoms with Gasteiger partial charge in [-0.15, -0.1) is 17.8 Å². The zero-order valence-electron chi connectivity index (χ0n) is 15.5. The fourth-order valence-corrected chi connectivity index (χ4v) is 3.41. The molecule has 0 spiro atoms. The molecule has 1 saturated heterocycles. The van der Waals surface area contributed by atoms with Crippen molar-refractivity contribution in [1.82, 2.24) is 9.78 Å². The lowest BCUT2D eigenvalue weighted by molar-refractivity contribution is 0.00578. The first-order chi connectivity index (χ1) is 12.2. The van der Waals surface area contributed by atoms with E-state index in [0.29, 0.717) is 13.0 Å². The molecule has 0 amide bonds.